The zero-order valence-electron chi connectivity index (χ0n) is 18.6. The van der Waals surface area contributed by atoms with Gasteiger partial charge in [-0.3, -0.25) is 9.59 Å². The number of fused-ring (bicyclic) bond motifs is 2. The van der Waals surface area contributed by atoms with Crippen LogP contribution in [0.1, 0.15) is 18.9 Å². The van der Waals surface area contributed by atoms with Crippen LogP contribution in [0.25, 0.3) is 10.2 Å². The van der Waals surface area contributed by atoms with Crippen molar-refractivity contribution in [1.82, 2.24) is 15.2 Å². The number of esters is 1. The molecule has 0 saturated carbocycles. The minimum absolute atomic E-state index is 0.0547. The SMILES string of the molecule is CC1(C)S[C@@H]2[C@H](NC(=O)COc3ccccc3)C(=O)N2[C@H]1C(=O)OCc1nc2ccccc2s1. The summed E-state index contributed by atoms with van der Waals surface area (Å²) in [6.07, 6.45) is 0. The second-order valence-electron chi connectivity index (χ2n) is 8.59. The fourth-order valence-electron chi connectivity index (χ4n) is 4.20. The van der Waals surface area contributed by atoms with Crippen molar-refractivity contribution >= 4 is 51.1 Å². The minimum atomic E-state index is -0.738. The molecule has 176 valence electrons. The predicted octanol–water partition coefficient (Wildman–Crippen LogP) is 2.97. The molecule has 2 aromatic carbocycles. The van der Waals surface area contributed by atoms with Crippen LogP contribution in [0.15, 0.2) is 54.6 Å². The zero-order valence-corrected chi connectivity index (χ0v) is 20.2. The number of thiazole rings is 1. The van der Waals surface area contributed by atoms with Crippen LogP contribution in [-0.4, -0.2) is 56.5 Å². The van der Waals surface area contributed by atoms with E-state index in [0.29, 0.717) is 10.8 Å². The van der Waals surface area contributed by atoms with Gasteiger partial charge in [-0.1, -0.05) is 30.3 Å². The highest BCUT2D eigenvalue weighted by Crippen LogP contribution is 2.51. The number of aromatic nitrogens is 1. The highest BCUT2D eigenvalue weighted by atomic mass is 32.2. The van der Waals surface area contributed by atoms with E-state index >= 15 is 0 Å². The molecule has 3 heterocycles. The summed E-state index contributed by atoms with van der Waals surface area (Å²) in [5.74, 6) is -0.573. The number of benzene rings is 2. The number of nitrogens with zero attached hydrogens (tertiary/aromatic N) is 2. The number of amides is 2. The van der Waals surface area contributed by atoms with Crippen LogP contribution in [0, 0.1) is 0 Å². The monoisotopic (exact) mass is 497 g/mol. The Kier molecular flexibility index (Phi) is 5.95. The Bertz CT molecular complexity index is 1210. The molecule has 3 atom stereocenters. The minimum Gasteiger partial charge on any atom is -0.484 e. The Balaban J connectivity index is 1.19. The topological polar surface area (TPSA) is 97.8 Å². The Morgan fingerprint density at radius 3 is 2.62 bits per heavy atom. The van der Waals surface area contributed by atoms with Crippen molar-refractivity contribution in [2.45, 2.75) is 42.7 Å². The molecule has 2 amide bonds. The summed E-state index contributed by atoms with van der Waals surface area (Å²) < 4.78 is 11.5. The molecule has 2 aliphatic heterocycles. The van der Waals surface area contributed by atoms with Gasteiger partial charge in [0.2, 0.25) is 5.91 Å². The third-order valence-corrected chi connectivity index (χ3v) is 8.35. The largest absolute Gasteiger partial charge is 0.484 e. The number of ether oxygens (including phenoxy) is 2. The van der Waals surface area contributed by atoms with E-state index in [9.17, 15) is 14.4 Å². The lowest BCUT2D eigenvalue weighted by Crippen LogP contribution is -2.71. The Hall–Kier alpha value is -3.11. The van der Waals surface area contributed by atoms with Crippen LogP contribution >= 0.6 is 23.1 Å². The molecular weight excluding hydrogens is 474 g/mol. The molecule has 1 aromatic heterocycles. The molecule has 2 aliphatic rings. The van der Waals surface area contributed by atoms with Gasteiger partial charge in [-0.2, -0.15) is 0 Å². The van der Waals surface area contributed by atoms with Crippen LogP contribution in [0.4, 0.5) is 0 Å². The van der Waals surface area contributed by atoms with Gasteiger partial charge in [0.25, 0.3) is 5.91 Å². The summed E-state index contributed by atoms with van der Waals surface area (Å²) in [6.45, 7) is 3.68. The molecule has 10 heteroatoms. The number of rotatable bonds is 7. The first-order chi connectivity index (χ1) is 16.3. The van der Waals surface area contributed by atoms with Crippen LogP contribution in [0.2, 0.25) is 0 Å². The Morgan fingerprint density at radius 1 is 1.12 bits per heavy atom. The van der Waals surface area contributed by atoms with Gasteiger partial charge in [0.1, 0.15) is 34.8 Å². The summed E-state index contributed by atoms with van der Waals surface area (Å²) in [5, 5.41) is 3.11. The van der Waals surface area contributed by atoms with Crippen LogP contribution in [-0.2, 0) is 25.7 Å². The molecule has 1 N–H and O–H groups in total. The van der Waals surface area contributed by atoms with Crippen molar-refractivity contribution in [2.24, 2.45) is 0 Å². The fourth-order valence-corrected chi connectivity index (χ4v) is 6.70. The van der Waals surface area contributed by atoms with Crippen LogP contribution in [0.5, 0.6) is 5.75 Å². The maximum atomic E-state index is 13.0. The lowest BCUT2D eigenvalue weighted by molar-refractivity contribution is -0.165. The molecule has 0 spiro atoms. The molecule has 0 bridgehead atoms. The highest BCUT2D eigenvalue weighted by Gasteiger charge is 2.64. The standard InChI is InChI=1S/C24H23N3O5S2/c1-24(2)20(23(30)32-13-18-25-15-10-6-7-11-16(15)33-18)27-21(29)19(22(27)34-24)26-17(28)12-31-14-8-4-3-5-9-14/h3-11,19-20,22H,12-13H2,1-2H3,(H,26,28)/t19-,20+,22-/m1/s1. The maximum Gasteiger partial charge on any atom is 0.330 e. The van der Waals surface area contributed by atoms with E-state index in [2.05, 4.69) is 10.3 Å². The first-order valence-electron chi connectivity index (χ1n) is 10.8. The van der Waals surface area contributed by atoms with Crippen molar-refractivity contribution in [3.05, 3.63) is 59.6 Å². The summed E-state index contributed by atoms with van der Waals surface area (Å²) in [6, 6.07) is 15.3. The van der Waals surface area contributed by atoms with E-state index in [4.69, 9.17) is 9.47 Å². The molecule has 2 saturated heterocycles. The second kappa shape index (κ2) is 8.92. The molecule has 3 aromatic rings. The van der Waals surface area contributed by atoms with Crippen LogP contribution in [0.3, 0.4) is 0 Å². The second-order valence-corrected chi connectivity index (χ2v) is 11.5. The summed E-state index contributed by atoms with van der Waals surface area (Å²) in [7, 11) is 0. The van der Waals surface area contributed by atoms with Crippen molar-refractivity contribution in [3.63, 3.8) is 0 Å². The lowest BCUT2D eigenvalue weighted by atomic mass is 9.96. The first-order valence-corrected chi connectivity index (χ1v) is 12.5. The van der Waals surface area contributed by atoms with Crippen molar-refractivity contribution in [1.29, 1.82) is 0 Å². The van der Waals surface area contributed by atoms with Gasteiger partial charge in [0.15, 0.2) is 6.61 Å². The average molecular weight is 498 g/mol. The van der Waals surface area contributed by atoms with Gasteiger partial charge >= 0.3 is 5.97 Å². The smallest absolute Gasteiger partial charge is 0.330 e. The van der Waals surface area contributed by atoms with Crippen molar-refractivity contribution < 1.29 is 23.9 Å². The third kappa shape index (κ3) is 4.23. The highest BCUT2D eigenvalue weighted by molar-refractivity contribution is 8.01. The molecule has 34 heavy (non-hydrogen) atoms. The number of carbonyl (C=O) groups excluding carboxylic acids is 3. The average Bonchev–Trinajstić information content (AvgIpc) is 3.36. The number of hydrogen-bond acceptors (Lipinski definition) is 8. The summed E-state index contributed by atoms with van der Waals surface area (Å²) in [4.78, 5) is 44.3. The molecule has 2 fully saturated rings. The normalized spacial score (nSPS) is 22.7. The van der Waals surface area contributed by atoms with Crippen molar-refractivity contribution in [3.8, 4) is 5.75 Å². The third-order valence-electron chi connectivity index (χ3n) is 5.77. The van der Waals surface area contributed by atoms with Gasteiger partial charge in [-0.25, -0.2) is 9.78 Å². The van der Waals surface area contributed by atoms with Gasteiger partial charge in [0, 0.05) is 4.75 Å². The molecule has 0 aliphatic carbocycles. The van der Waals surface area contributed by atoms with Crippen LogP contribution < -0.4 is 10.1 Å². The number of carbonyl (C=O) groups is 3. The summed E-state index contributed by atoms with van der Waals surface area (Å²) in [5.41, 5.74) is 0.864. The number of thioether (sulfide) groups is 1. The number of β-lactam (4-membered cyclic amide) rings is 1. The van der Waals surface area contributed by atoms with Gasteiger partial charge < -0.3 is 19.7 Å². The zero-order chi connectivity index (χ0) is 23.9. The number of para-hydroxylation sites is 2. The van der Waals surface area contributed by atoms with E-state index < -0.39 is 22.8 Å². The lowest BCUT2D eigenvalue weighted by Gasteiger charge is -2.43. The fraction of sp³-hybridized carbons (Fsp3) is 0.333. The maximum absolute atomic E-state index is 13.0. The predicted molar refractivity (Wildman–Crippen MR) is 129 cm³/mol. The van der Waals surface area contributed by atoms with E-state index in [1.165, 1.54) is 28.0 Å². The Morgan fingerprint density at radius 2 is 1.85 bits per heavy atom. The first kappa shape index (κ1) is 22.7. The molecule has 8 nitrogen and oxygen atoms in total. The van der Waals surface area contributed by atoms with Gasteiger partial charge in [0.05, 0.1) is 10.2 Å². The number of hydrogen-bond donors (Lipinski definition) is 1. The quantitative estimate of drug-likeness (QED) is 0.396. The van der Waals surface area contributed by atoms with E-state index in [1.807, 2.05) is 56.3 Å². The van der Waals surface area contributed by atoms with Gasteiger partial charge in [-0.05, 0) is 38.1 Å². The van der Waals surface area contributed by atoms with E-state index in [0.717, 1.165) is 10.2 Å². The molecule has 0 unspecified atom stereocenters. The van der Waals surface area contributed by atoms with E-state index in [1.54, 1.807) is 12.1 Å². The van der Waals surface area contributed by atoms with Gasteiger partial charge in [-0.15, -0.1) is 23.1 Å². The Labute approximate surface area is 204 Å². The molecule has 5 rings (SSSR count). The summed E-state index contributed by atoms with van der Waals surface area (Å²) >= 11 is 2.96. The molecule has 0 radical (unpaired) electrons. The number of nitrogens with one attached hydrogen (secondary N) is 1. The molecular formula is C24H23N3O5S2. The van der Waals surface area contributed by atoms with E-state index in [-0.39, 0.29) is 30.4 Å². The van der Waals surface area contributed by atoms with Crippen molar-refractivity contribution in [2.75, 3.05) is 6.61 Å².